The lowest BCUT2D eigenvalue weighted by molar-refractivity contribution is -0.147. The lowest BCUT2D eigenvalue weighted by Gasteiger charge is -2.25. The van der Waals surface area contributed by atoms with Crippen LogP contribution in [0.2, 0.25) is 0 Å². The number of carboxylic acids is 1. The van der Waals surface area contributed by atoms with Crippen LogP contribution < -0.4 is 10.5 Å². The van der Waals surface area contributed by atoms with Crippen LogP contribution in [0.25, 0.3) is 0 Å². The Hall–Kier alpha value is -1.55. The van der Waals surface area contributed by atoms with Gasteiger partial charge in [0.15, 0.2) is 0 Å². The molecule has 0 heterocycles. The summed E-state index contributed by atoms with van der Waals surface area (Å²) in [5, 5.41) is 9.17. The molecule has 0 amide bonds. The Morgan fingerprint density at radius 1 is 1.37 bits per heavy atom. The van der Waals surface area contributed by atoms with Gasteiger partial charge in [0.05, 0.1) is 12.5 Å². The maximum Gasteiger partial charge on any atom is 0.309 e. The molecule has 0 saturated heterocycles. The van der Waals surface area contributed by atoms with Crippen LogP contribution in [-0.2, 0) is 4.79 Å². The Kier molecular flexibility index (Phi) is 4.58. The fourth-order valence-corrected chi connectivity index (χ4v) is 2.18. The SMILES string of the molecule is COc1cc(C)c(C(N)CC(C)(C)C(=O)O)cc1C. The molecule has 0 aliphatic carbocycles. The third-order valence-corrected chi connectivity index (χ3v) is 3.49. The van der Waals surface area contributed by atoms with E-state index in [1.807, 2.05) is 26.0 Å². The third-order valence-electron chi connectivity index (χ3n) is 3.49. The summed E-state index contributed by atoms with van der Waals surface area (Å²) in [6.45, 7) is 7.31. The highest BCUT2D eigenvalue weighted by atomic mass is 16.5. The van der Waals surface area contributed by atoms with Crippen molar-refractivity contribution in [1.29, 1.82) is 0 Å². The second-order valence-electron chi connectivity index (χ2n) is 5.68. The summed E-state index contributed by atoms with van der Waals surface area (Å²) in [6.07, 6.45) is 0.398. The van der Waals surface area contributed by atoms with Gasteiger partial charge in [-0.25, -0.2) is 0 Å². The quantitative estimate of drug-likeness (QED) is 0.858. The van der Waals surface area contributed by atoms with Crippen molar-refractivity contribution in [1.82, 2.24) is 0 Å². The van der Waals surface area contributed by atoms with Crippen molar-refractivity contribution in [3.05, 3.63) is 28.8 Å². The van der Waals surface area contributed by atoms with Crippen LogP contribution in [0, 0.1) is 19.3 Å². The normalized spacial score (nSPS) is 13.2. The zero-order valence-electron chi connectivity index (χ0n) is 12.3. The maximum atomic E-state index is 11.2. The van der Waals surface area contributed by atoms with E-state index in [1.165, 1.54) is 0 Å². The number of carbonyl (C=O) groups is 1. The average molecular weight is 265 g/mol. The Morgan fingerprint density at radius 2 is 1.95 bits per heavy atom. The lowest BCUT2D eigenvalue weighted by atomic mass is 9.82. The number of aryl methyl sites for hydroxylation is 2. The molecule has 0 saturated carbocycles. The molecule has 3 N–H and O–H groups in total. The highest BCUT2D eigenvalue weighted by molar-refractivity contribution is 5.73. The first kappa shape index (κ1) is 15.5. The first-order valence-electron chi connectivity index (χ1n) is 6.33. The number of carboxylic acid groups (broad SMARTS) is 1. The number of ether oxygens (including phenoxy) is 1. The van der Waals surface area contributed by atoms with Gasteiger partial charge in [0.2, 0.25) is 0 Å². The number of hydrogen-bond donors (Lipinski definition) is 2. The highest BCUT2D eigenvalue weighted by Gasteiger charge is 2.30. The number of hydrogen-bond acceptors (Lipinski definition) is 3. The zero-order chi connectivity index (χ0) is 14.8. The van der Waals surface area contributed by atoms with E-state index in [1.54, 1.807) is 21.0 Å². The summed E-state index contributed by atoms with van der Waals surface area (Å²) in [5.74, 6) is -0.00298. The molecule has 1 atom stereocenters. The van der Waals surface area contributed by atoms with Crippen molar-refractivity contribution in [2.75, 3.05) is 7.11 Å². The van der Waals surface area contributed by atoms with Gasteiger partial charge in [0, 0.05) is 6.04 Å². The number of rotatable bonds is 5. The molecule has 4 heteroatoms. The molecule has 0 fully saturated rings. The molecular weight excluding hydrogens is 242 g/mol. The predicted molar refractivity (Wildman–Crippen MR) is 75.4 cm³/mol. The van der Waals surface area contributed by atoms with E-state index in [4.69, 9.17) is 15.6 Å². The van der Waals surface area contributed by atoms with Gasteiger partial charge in [-0.15, -0.1) is 0 Å². The largest absolute Gasteiger partial charge is 0.496 e. The summed E-state index contributed by atoms with van der Waals surface area (Å²) in [5.41, 5.74) is 8.35. The van der Waals surface area contributed by atoms with Crippen molar-refractivity contribution in [2.24, 2.45) is 11.1 Å². The molecule has 1 aromatic carbocycles. The molecule has 19 heavy (non-hydrogen) atoms. The van der Waals surface area contributed by atoms with Gasteiger partial charge in [-0.2, -0.15) is 0 Å². The molecule has 106 valence electrons. The van der Waals surface area contributed by atoms with Crippen LogP contribution in [0.3, 0.4) is 0 Å². The number of methoxy groups -OCH3 is 1. The Morgan fingerprint density at radius 3 is 2.42 bits per heavy atom. The minimum absolute atomic E-state index is 0.296. The van der Waals surface area contributed by atoms with Crippen molar-refractivity contribution in [3.63, 3.8) is 0 Å². The van der Waals surface area contributed by atoms with Crippen molar-refractivity contribution in [3.8, 4) is 5.75 Å². The topological polar surface area (TPSA) is 72.5 Å². The minimum Gasteiger partial charge on any atom is -0.496 e. The molecule has 0 aliphatic heterocycles. The molecule has 1 aromatic rings. The van der Waals surface area contributed by atoms with E-state index in [2.05, 4.69) is 0 Å². The lowest BCUT2D eigenvalue weighted by Crippen LogP contribution is -2.29. The standard InChI is InChI=1S/C15H23NO3/c1-9-7-13(19-5)10(2)6-11(9)12(16)8-15(3,4)14(17)18/h6-7,12H,8,16H2,1-5H3,(H,17,18). The second kappa shape index (κ2) is 5.61. The number of aliphatic carboxylic acids is 1. The van der Waals surface area contributed by atoms with Gasteiger partial charge in [0.1, 0.15) is 5.75 Å². The predicted octanol–water partition coefficient (Wildman–Crippen LogP) is 2.81. The van der Waals surface area contributed by atoms with E-state index >= 15 is 0 Å². The molecule has 0 spiro atoms. The zero-order valence-corrected chi connectivity index (χ0v) is 12.3. The van der Waals surface area contributed by atoms with Gasteiger partial charge < -0.3 is 15.6 Å². The second-order valence-corrected chi connectivity index (χ2v) is 5.68. The monoisotopic (exact) mass is 265 g/mol. The molecule has 0 aliphatic rings. The van der Waals surface area contributed by atoms with Crippen LogP contribution in [0.4, 0.5) is 0 Å². The summed E-state index contributed by atoms with van der Waals surface area (Å²) in [7, 11) is 1.63. The highest BCUT2D eigenvalue weighted by Crippen LogP contribution is 2.32. The Balaban J connectivity index is 3.04. The van der Waals surface area contributed by atoms with Crippen LogP contribution in [0.5, 0.6) is 5.75 Å². The van der Waals surface area contributed by atoms with Crippen molar-refractivity contribution >= 4 is 5.97 Å². The first-order chi connectivity index (χ1) is 8.69. The van der Waals surface area contributed by atoms with Gasteiger partial charge in [-0.3, -0.25) is 4.79 Å². The van der Waals surface area contributed by atoms with Crippen molar-refractivity contribution < 1.29 is 14.6 Å². The maximum absolute atomic E-state index is 11.2. The fourth-order valence-electron chi connectivity index (χ4n) is 2.18. The van der Waals surface area contributed by atoms with Crippen molar-refractivity contribution in [2.45, 2.75) is 40.2 Å². The molecule has 1 unspecified atom stereocenters. The first-order valence-corrected chi connectivity index (χ1v) is 6.33. The van der Waals surface area contributed by atoms with Crippen LogP contribution in [0.15, 0.2) is 12.1 Å². The van der Waals surface area contributed by atoms with Gasteiger partial charge in [-0.1, -0.05) is 6.07 Å². The molecule has 0 radical (unpaired) electrons. The van der Waals surface area contributed by atoms with E-state index in [9.17, 15) is 4.79 Å². The van der Waals surface area contributed by atoms with E-state index < -0.39 is 11.4 Å². The molecule has 0 aromatic heterocycles. The minimum atomic E-state index is -0.834. The smallest absolute Gasteiger partial charge is 0.309 e. The summed E-state index contributed by atoms with van der Waals surface area (Å²) in [4.78, 5) is 11.2. The summed E-state index contributed by atoms with van der Waals surface area (Å²) >= 11 is 0. The molecular formula is C15H23NO3. The Bertz CT molecular complexity index is 481. The summed E-state index contributed by atoms with van der Waals surface area (Å²) in [6, 6.07) is 3.63. The molecule has 0 bridgehead atoms. The average Bonchev–Trinajstić information content (AvgIpc) is 2.30. The number of benzene rings is 1. The van der Waals surface area contributed by atoms with Crippen LogP contribution >= 0.6 is 0 Å². The van der Waals surface area contributed by atoms with E-state index in [0.29, 0.717) is 6.42 Å². The molecule has 1 rings (SSSR count). The fraction of sp³-hybridized carbons (Fsp3) is 0.533. The third kappa shape index (κ3) is 3.47. The van der Waals surface area contributed by atoms with Crippen LogP contribution in [0.1, 0.15) is 43.0 Å². The van der Waals surface area contributed by atoms with E-state index in [-0.39, 0.29) is 6.04 Å². The van der Waals surface area contributed by atoms with Crippen LogP contribution in [-0.4, -0.2) is 18.2 Å². The molecule has 4 nitrogen and oxygen atoms in total. The van der Waals surface area contributed by atoms with Gasteiger partial charge >= 0.3 is 5.97 Å². The van der Waals surface area contributed by atoms with Gasteiger partial charge in [-0.05, 0) is 56.9 Å². The van der Waals surface area contributed by atoms with E-state index in [0.717, 1.165) is 22.4 Å². The Labute approximate surface area is 114 Å². The summed E-state index contributed by atoms with van der Waals surface area (Å²) < 4.78 is 5.26. The van der Waals surface area contributed by atoms with Gasteiger partial charge in [0.25, 0.3) is 0 Å². The number of nitrogens with two attached hydrogens (primary N) is 1.